The summed E-state index contributed by atoms with van der Waals surface area (Å²) in [6.45, 7) is 9.58. The molecule has 0 aromatic rings. The van der Waals surface area contributed by atoms with E-state index in [4.69, 9.17) is 0 Å². The molecule has 0 aliphatic heterocycles. The summed E-state index contributed by atoms with van der Waals surface area (Å²) in [6.07, 6.45) is 33.7. The normalized spacial score (nSPS) is 13.7. The van der Waals surface area contributed by atoms with Crippen LogP contribution in [0.4, 0.5) is 0 Å². The monoisotopic (exact) mass is 408 g/mol. The van der Waals surface area contributed by atoms with E-state index in [9.17, 15) is 0 Å². The van der Waals surface area contributed by atoms with Gasteiger partial charge in [-0.05, 0) is 11.8 Å². The van der Waals surface area contributed by atoms with Gasteiger partial charge in [-0.2, -0.15) is 0 Å². The lowest BCUT2D eigenvalue weighted by Crippen LogP contribution is -1.97. The van der Waals surface area contributed by atoms with Crippen LogP contribution in [0.2, 0.25) is 0 Å². The second-order valence-corrected chi connectivity index (χ2v) is 10.4. The van der Waals surface area contributed by atoms with Crippen LogP contribution in [0, 0.1) is 11.8 Å². The second-order valence-electron chi connectivity index (χ2n) is 10.4. The smallest absolute Gasteiger partial charge is 0.0443 e. The average molecular weight is 409 g/mol. The van der Waals surface area contributed by atoms with Gasteiger partial charge < -0.3 is 0 Å². The van der Waals surface area contributed by atoms with Crippen LogP contribution in [-0.2, 0) is 0 Å². The molecule has 0 fully saturated rings. The van der Waals surface area contributed by atoms with Crippen molar-refractivity contribution in [3.05, 3.63) is 0 Å². The lowest BCUT2D eigenvalue weighted by Gasteiger charge is -2.13. The Balaban J connectivity index is 3.23. The number of hydrogen-bond acceptors (Lipinski definition) is 0. The molecule has 0 amide bonds. The van der Waals surface area contributed by atoms with Crippen molar-refractivity contribution < 1.29 is 0 Å². The molecule has 0 heterocycles. The van der Waals surface area contributed by atoms with Crippen molar-refractivity contribution in [3.8, 4) is 0 Å². The van der Waals surface area contributed by atoms with E-state index in [1.54, 1.807) is 0 Å². The lowest BCUT2D eigenvalue weighted by atomic mass is 9.93. The van der Waals surface area contributed by atoms with Gasteiger partial charge in [0.15, 0.2) is 0 Å². The molecular formula is C29H60. The van der Waals surface area contributed by atoms with Gasteiger partial charge in [0.2, 0.25) is 0 Å². The maximum absolute atomic E-state index is 2.49. The third-order valence-electron chi connectivity index (χ3n) is 6.99. The zero-order chi connectivity index (χ0) is 21.4. The van der Waals surface area contributed by atoms with Crippen molar-refractivity contribution in [3.63, 3.8) is 0 Å². The van der Waals surface area contributed by atoms with Crippen LogP contribution in [0.25, 0.3) is 0 Å². The standard InChI is InChI=1S/C29H60/c1-5-7-9-11-12-13-14-15-16-17-18-21-25-29(4)27-23-19-22-26-28(3)24-20-10-8-6-2/h28-29H,5-27H2,1-4H3. The Morgan fingerprint density at radius 2 is 0.517 bits per heavy atom. The Morgan fingerprint density at radius 1 is 0.310 bits per heavy atom. The van der Waals surface area contributed by atoms with Crippen molar-refractivity contribution in [2.75, 3.05) is 0 Å². The van der Waals surface area contributed by atoms with Crippen LogP contribution in [0.3, 0.4) is 0 Å². The van der Waals surface area contributed by atoms with Gasteiger partial charge in [0, 0.05) is 0 Å². The zero-order valence-electron chi connectivity index (χ0n) is 21.4. The van der Waals surface area contributed by atoms with Crippen LogP contribution in [0.15, 0.2) is 0 Å². The highest BCUT2D eigenvalue weighted by molar-refractivity contribution is 4.58. The van der Waals surface area contributed by atoms with Gasteiger partial charge >= 0.3 is 0 Å². The summed E-state index contributed by atoms with van der Waals surface area (Å²) in [5.41, 5.74) is 0. The van der Waals surface area contributed by atoms with Crippen LogP contribution >= 0.6 is 0 Å². The Labute approximate surface area is 187 Å². The SMILES string of the molecule is CCCCCCCCCCCCCCC(C)CCCCCC(C)CCCCCC. The van der Waals surface area contributed by atoms with Crippen LogP contribution in [0.1, 0.15) is 175 Å². The molecular weight excluding hydrogens is 348 g/mol. The molecule has 0 bridgehead atoms. The first-order valence-electron chi connectivity index (χ1n) is 14.2. The van der Waals surface area contributed by atoms with Gasteiger partial charge in [-0.25, -0.2) is 0 Å². The number of rotatable bonds is 24. The minimum Gasteiger partial charge on any atom is -0.0654 e. The molecule has 0 saturated heterocycles. The van der Waals surface area contributed by atoms with Gasteiger partial charge in [0.05, 0.1) is 0 Å². The molecule has 0 rings (SSSR count). The first kappa shape index (κ1) is 29.0. The third kappa shape index (κ3) is 24.1. The molecule has 0 heteroatoms. The Hall–Kier alpha value is 0. The van der Waals surface area contributed by atoms with E-state index >= 15 is 0 Å². The molecule has 176 valence electrons. The fraction of sp³-hybridized carbons (Fsp3) is 1.00. The first-order valence-corrected chi connectivity index (χ1v) is 14.2. The molecule has 0 nitrogen and oxygen atoms in total. The van der Waals surface area contributed by atoms with Crippen molar-refractivity contribution in [1.29, 1.82) is 0 Å². The molecule has 0 spiro atoms. The highest BCUT2D eigenvalue weighted by Gasteiger charge is 2.04. The van der Waals surface area contributed by atoms with Crippen LogP contribution in [0.5, 0.6) is 0 Å². The van der Waals surface area contributed by atoms with E-state index in [1.807, 2.05) is 0 Å². The van der Waals surface area contributed by atoms with E-state index in [0.717, 1.165) is 11.8 Å². The summed E-state index contributed by atoms with van der Waals surface area (Å²) in [5, 5.41) is 0. The first-order chi connectivity index (χ1) is 14.2. The summed E-state index contributed by atoms with van der Waals surface area (Å²) >= 11 is 0. The second kappa shape index (κ2) is 24.3. The Bertz CT molecular complexity index is 282. The summed E-state index contributed by atoms with van der Waals surface area (Å²) in [6, 6.07) is 0. The molecule has 2 unspecified atom stereocenters. The highest BCUT2D eigenvalue weighted by atomic mass is 14.1. The van der Waals surface area contributed by atoms with Crippen molar-refractivity contribution in [2.24, 2.45) is 11.8 Å². The molecule has 29 heavy (non-hydrogen) atoms. The minimum absolute atomic E-state index is 0.963. The highest BCUT2D eigenvalue weighted by Crippen LogP contribution is 2.21. The largest absolute Gasteiger partial charge is 0.0654 e. The molecule has 0 radical (unpaired) electrons. The molecule has 2 atom stereocenters. The fourth-order valence-electron chi connectivity index (χ4n) is 4.70. The molecule has 0 aliphatic carbocycles. The molecule has 0 aliphatic rings. The van der Waals surface area contributed by atoms with E-state index in [0.29, 0.717) is 0 Å². The van der Waals surface area contributed by atoms with E-state index in [-0.39, 0.29) is 0 Å². The summed E-state index contributed by atoms with van der Waals surface area (Å²) < 4.78 is 0. The maximum atomic E-state index is 2.49. The summed E-state index contributed by atoms with van der Waals surface area (Å²) in [4.78, 5) is 0. The average Bonchev–Trinajstić information content (AvgIpc) is 2.71. The van der Waals surface area contributed by atoms with Crippen molar-refractivity contribution in [1.82, 2.24) is 0 Å². The van der Waals surface area contributed by atoms with Gasteiger partial charge in [-0.3, -0.25) is 0 Å². The Morgan fingerprint density at radius 3 is 0.828 bits per heavy atom. The van der Waals surface area contributed by atoms with Gasteiger partial charge in [0.25, 0.3) is 0 Å². The molecule has 0 saturated carbocycles. The minimum atomic E-state index is 0.963. The Kier molecular flexibility index (Phi) is 24.3. The third-order valence-corrected chi connectivity index (χ3v) is 6.99. The lowest BCUT2D eigenvalue weighted by molar-refractivity contribution is 0.408. The van der Waals surface area contributed by atoms with Gasteiger partial charge in [-0.15, -0.1) is 0 Å². The zero-order valence-corrected chi connectivity index (χ0v) is 21.4. The topological polar surface area (TPSA) is 0 Å². The van der Waals surface area contributed by atoms with Crippen molar-refractivity contribution >= 4 is 0 Å². The van der Waals surface area contributed by atoms with Crippen LogP contribution in [-0.4, -0.2) is 0 Å². The quantitative estimate of drug-likeness (QED) is 0.139. The maximum Gasteiger partial charge on any atom is -0.0443 e. The van der Waals surface area contributed by atoms with Crippen LogP contribution < -0.4 is 0 Å². The predicted octanol–water partition coefficient (Wildman–Crippen LogP) is 11.3. The van der Waals surface area contributed by atoms with E-state index in [2.05, 4.69) is 27.7 Å². The van der Waals surface area contributed by atoms with Crippen molar-refractivity contribution in [2.45, 2.75) is 175 Å². The van der Waals surface area contributed by atoms with Gasteiger partial charge in [-0.1, -0.05) is 175 Å². The number of unbranched alkanes of at least 4 members (excludes halogenated alkanes) is 16. The summed E-state index contributed by atoms with van der Waals surface area (Å²) in [7, 11) is 0. The predicted molar refractivity (Wildman–Crippen MR) is 136 cm³/mol. The summed E-state index contributed by atoms with van der Waals surface area (Å²) in [5.74, 6) is 1.93. The molecule has 0 aromatic heterocycles. The van der Waals surface area contributed by atoms with Gasteiger partial charge in [0.1, 0.15) is 0 Å². The molecule has 0 aromatic carbocycles. The van der Waals surface area contributed by atoms with E-state index in [1.165, 1.54) is 148 Å². The van der Waals surface area contributed by atoms with E-state index < -0.39 is 0 Å². The molecule has 0 N–H and O–H groups in total. The fourth-order valence-corrected chi connectivity index (χ4v) is 4.70. The number of hydrogen-bond donors (Lipinski definition) is 0.